The second-order valence-corrected chi connectivity index (χ2v) is 4.48. The summed E-state index contributed by atoms with van der Waals surface area (Å²) in [6, 6.07) is 7.80. The van der Waals surface area contributed by atoms with Gasteiger partial charge in [-0.25, -0.2) is 0 Å². The van der Waals surface area contributed by atoms with Crippen LogP contribution in [0.2, 0.25) is 0 Å². The van der Waals surface area contributed by atoms with Crippen LogP contribution < -0.4 is 11.1 Å². The van der Waals surface area contributed by atoms with Gasteiger partial charge in [-0.3, -0.25) is 19.9 Å². The van der Waals surface area contributed by atoms with Crippen LogP contribution in [-0.4, -0.2) is 15.8 Å². The number of nitrogens with zero attached hydrogens (tertiary/aromatic N) is 2. The SMILES string of the molecule is Cc1c(CNC(=O)c2cc(N)ccn2)cccc1[N+](=O)[O-]. The van der Waals surface area contributed by atoms with Crippen LogP contribution in [0.15, 0.2) is 36.5 Å². The second-order valence-electron chi connectivity index (χ2n) is 4.48. The number of carbonyl (C=O) groups excluding carboxylic acids is 1. The molecule has 0 saturated carbocycles. The number of benzene rings is 1. The molecule has 0 unspecified atom stereocenters. The Hall–Kier alpha value is -2.96. The molecule has 0 aliphatic carbocycles. The van der Waals surface area contributed by atoms with Crippen molar-refractivity contribution >= 4 is 17.3 Å². The number of rotatable bonds is 4. The van der Waals surface area contributed by atoms with Crippen LogP contribution in [0.1, 0.15) is 21.6 Å². The first-order chi connectivity index (χ1) is 9.99. The first-order valence-corrected chi connectivity index (χ1v) is 6.21. The van der Waals surface area contributed by atoms with Gasteiger partial charge in [0.2, 0.25) is 0 Å². The molecule has 0 saturated heterocycles. The Bertz CT molecular complexity index is 700. The van der Waals surface area contributed by atoms with E-state index in [-0.39, 0.29) is 23.8 Å². The number of nitro groups is 1. The van der Waals surface area contributed by atoms with E-state index >= 15 is 0 Å². The Morgan fingerprint density at radius 1 is 1.43 bits per heavy atom. The lowest BCUT2D eigenvalue weighted by atomic mass is 10.1. The molecule has 0 spiro atoms. The molecule has 0 bridgehead atoms. The van der Waals surface area contributed by atoms with Gasteiger partial charge in [0.15, 0.2) is 0 Å². The summed E-state index contributed by atoms with van der Waals surface area (Å²) in [4.78, 5) is 26.3. The molecule has 7 nitrogen and oxygen atoms in total. The smallest absolute Gasteiger partial charge is 0.272 e. The summed E-state index contributed by atoms with van der Waals surface area (Å²) < 4.78 is 0. The van der Waals surface area contributed by atoms with Crippen molar-refractivity contribution in [1.82, 2.24) is 10.3 Å². The van der Waals surface area contributed by atoms with Gasteiger partial charge in [-0.05, 0) is 24.6 Å². The van der Waals surface area contributed by atoms with Crippen LogP contribution in [0.25, 0.3) is 0 Å². The minimum Gasteiger partial charge on any atom is -0.399 e. The highest BCUT2D eigenvalue weighted by molar-refractivity contribution is 5.92. The van der Waals surface area contributed by atoms with Gasteiger partial charge in [-0.1, -0.05) is 12.1 Å². The molecule has 2 aromatic rings. The molecule has 7 heteroatoms. The lowest BCUT2D eigenvalue weighted by Crippen LogP contribution is -2.24. The number of anilines is 1. The highest BCUT2D eigenvalue weighted by atomic mass is 16.6. The Labute approximate surface area is 121 Å². The van der Waals surface area contributed by atoms with Crippen LogP contribution in [0.3, 0.4) is 0 Å². The number of nitro benzene ring substituents is 1. The molecule has 0 aliphatic rings. The molecule has 0 atom stereocenters. The lowest BCUT2D eigenvalue weighted by molar-refractivity contribution is -0.385. The number of nitrogens with one attached hydrogen (secondary N) is 1. The Balaban J connectivity index is 2.12. The molecular weight excluding hydrogens is 272 g/mol. The van der Waals surface area contributed by atoms with Gasteiger partial charge >= 0.3 is 0 Å². The molecule has 0 aliphatic heterocycles. The van der Waals surface area contributed by atoms with Crippen LogP contribution in [-0.2, 0) is 6.54 Å². The number of nitrogen functional groups attached to an aromatic ring is 1. The Kier molecular flexibility index (Phi) is 4.13. The molecule has 108 valence electrons. The topological polar surface area (TPSA) is 111 Å². The number of pyridine rings is 1. The summed E-state index contributed by atoms with van der Waals surface area (Å²) in [6.45, 7) is 1.83. The molecular formula is C14H14N4O3. The monoisotopic (exact) mass is 286 g/mol. The number of aromatic nitrogens is 1. The third kappa shape index (κ3) is 3.33. The van der Waals surface area contributed by atoms with Gasteiger partial charge < -0.3 is 11.1 Å². The lowest BCUT2D eigenvalue weighted by Gasteiger charge is -2.08. The van der Waals surface area contributed by atoms with Crippen LogP contribution in [0.4, 0.5) is 11.4 Å². The fourth-order valence-electron chi connectivity index (χ4n) is 1.90. The van der Waals surface area contributed by atoms with Crippen LogP contribution in [0.5, 0.6) is 0 Å². The number of carbonyl (C=O) groups is 1. The number of amides is 1. The molecule has 0 radical (unpaired) electrons. The molecule has 1 aromatic heterocycles. The van der Waals surface area contributed by atoms with Crippen molar-refractivity contribution in [2.24, 2.45) is 0 Å². The quantitative estimate of drug-likeness (QED) is 0.657. The number of hydrogen-bond donors (Lipinski definition) is 2. The van der Waals surface area contributed by atoms with Crippen molar-refractivity contribution in [3.63, 3.8) is 0 Å². The first kappa shape index (κ1) is 14.4. The summed E-state index contributed by atoms with van der Waals surface area (Å²) in [7, 11) is 0. The van der Waals surface area contributed by atoms with E-state index in [0.717, 1.165) is 0 Å². The summed E-state index contributed by atoms with van der Waals surface area (Å²) >= 11 is 0. The molecule has 0 fully saturated rings. The molecule has 21 heavy (non-hydrogen) atoms. The van der Waals surface area contributed by atoms with E-state index in [4.69, 9.17) is 5.73 Å². The maximum Gasteiger partial charge on any atom is 0.272 e. The van der Waals surface area contributed by atoms with Crippen molar-refractivity contribution in [3.8, 4) is 0 Å². The standard InChI is InChI=1S/C14H14N4O3/c1-9-10(3-2-4-13(9)18(20)21)8-17-14(19)12-7-11(15)5-6-16-12/h2-7H,8H2,1H3,(H2,15,16)(H,17,19). The van der Waals surface area contributed by atoms with Crippen molar-refractivity contribution in [3.05, 3.63) is 63.5 Å². The van der Waals surface area contributed by atoms with E-state index in [0.29, 0.717) is 16.8 Å². The fraction of sp³-hybridized carbons (Fsp3) is 0.143. The van der Waals surface area contributed by atoms with Gasteiger partial charge in [0.1, 0.15) is 5.69 Å². The van der Waals surface area contributed by atoms with Crippen molar-refractivity contribution < 1.29 is 9.72 Å². The van der Waals surface area contributed by atoms with E-state index in [1.54, 1.807) is 25.1 Å². The van der Waals surface area contributed by atoms with E-state index in [1.165, 1.54) is 18.3 Å². The third-order valence-corrected chi connectivity index (χ3v) is 3.07. The molecule has 1 amide bonds. The maximum atomic E-state index is 11.9. The highest BCUT2D eigenvalue weighted by Crippen LogP contribution is 2.20. The van der Waals surface area contributed by atoms with Crippen molar-refractivity contribution in [2.45, 2.75) is 13.5 Å². The number of nitrogens with two attached hydrogens (primary N) is 1. The van der Waals surface area contributed by atoms with E-state index < -0.39 is 4.92 Å². The van der Waals surface area contributed by atoms with Gasteiger partial charge in [0.25, 0.3) is 11.6 Å². The highest BCUT2D eigenvalue weighted by Gasteiger charge is 2.14. The summed E-state index contributed by atoms with van der Waals surface area (Å²) in [5.41, 5.74) is 7.48. The molecule has 3 N–H and O–H groups in total. The minimum atomic E-state index is -0.444. The van der Waals surface area contributed by atoms with Crippen molar-refractivity contribution in [2.75, 3.05) is 5.73 Å². The normalized spacial score (nSPS) is 10.1. The Morgan fingerprint density at radius 2 is 2.19 bits per heavy atom. The summed E-state index contributed by atoms with van der Waals surface area (Å²) in [6.07, 6.45) is 1.45. The zero-order chi connectivity index (χ0) is 15.4. The number of hydrogen-bond acceptors (Lipinski definition) is 5. The zero-order valence-corrected chi connectivity index (χ0v) is 11.4. The van der Waals surface area contributed by atoms with Gasteiger partial charge in [0, 0.05) is 30.1 Å². The van der Waals surface area contributed by atoms with Crippen molar-refractivity contribution in [1.29, 1.82) is 0 Å². The maximum absolute atomic E-state index is 11.9. The van der Waals surface area contributed by atoms with E-state index in [1.807, 2.05) is 0 Å². The second kappa shape index (κ2) is 6.00. The third-order valence-electron chi connectivity index (χ3n) is 3.07. The molecule has 1 aromatic carbocycles. The molecule has 1 heterocycles. The first-order valence-electron chi connectivity index (χ1n) is 6.21. The summed E-state index contributed by atoms with van der Waals surface area (Å²) in [5.74, 6) is -0.381. The van der Waals surface area contributed by atoms with E-state index in [9.17, 15) is 14.9 Å². The summed E-state index contributed by atoms with van der Waals surface area (Å²) in [5, 5.41) is 13.5. The zero-order valence-electron chi connectivity index (χ0n) is 11.4. The minimum absolute atomic E-state index is 0.0313. The average molecular weight is 286 g/mol. The predicted octanol–water partition coefficient (Wildman–Crippen LogP) is 1.81. The van der Waals surface area contributed by atoms with Crippen LogP contribution in [0, 0.1) is 17.0 Å². The largest absolute Gasteiger partial charge is 0.399 e. The van der Waals surface area contributed by atoms with Gasteiger partial charge in [0.05, 0.1) is 4.92 Å². The molecule has 2 rings (SSSR count). The van der Waals surface area contributed by atoms with E-state index in [2.05, 4.69) is 10.3 Å². The average Bonchev–Trinajstić information content (AvgIpc) is 2.45. The van der Waals surface area contributed by atoms with Crippen LogP contribution >= 0.6 is 0 Å². The Morgan fingerprint density at radius 3 is 2.86 bits per heavy atom. The van der Waals surface area contributed by atoms with Gasteiger partial charge in [-0.2, -0.15) is 0 Å². The fourth-order valence-corrected chi connectivity index (χ4v) is 1.90. The van der Waals surface area contributed by atoms with Gasteiger partial charge in [-0.15, -0.1) is 0 Å². The predicted molar refractivity (Wildman–Crippen MR) is 77.7 cm³/mol.